The number of likely N-dealkylation sites (N-methyl/N-ethyl adjacent to an activating group) is 1. The van der Waals surface area contributed by atoms with Crippen LogP contribution in [0.3, 0.4) is 0 Å². The van der Waals surface area contributed by atoms with Crippen molar-refractivity contribution in [2.75, 3.05) is 39.0 Å². The number of halogens is 3. The van der Waals surface area contributed by atoms with Gasteiger partial charge < -0.3 is 9.80 Å². The summed E-state index contributed by atoms with van der Waals surface area (Å²) >= 11 is 0.946. The van der Waals surface area contributed by atoms with Gasteiger partial charge in [-0.05, 0) is 38.3 Å². The molecular formula is C19H23F3N4OS. The largest absolute Gasteiger partial charge is 0.418 e. The van der Waals surface area contributed by atoms with Gasteiger partial charge >= 0.3 is 6.18 Å². The Hall–Kier alpha value is -1.79. The van der Waals surface area contributed by atoms with E-state index in [2.05, 4.69) is 9.88 Å². The molecular weight excluding hydrogens is 389 g/mol. The van der Waals surface area contributed by atoms with Gasteiger partial charge in [0.25, 0.3) is 0 Å². The molecule has 152 valence electrons. The number of amides is 1. The smallest absolute Gasteiger partial charge is 0.339 e. The standard InChI is InChI=1S/C19H23F3N4OS/c1-25-7-9-26(10-8-25)16(27)12-28-18-14(11-23)17(19(20,21)22)13-5-3-2-4-6-15(13)24-18/h2-10,12H2,1H3. The molecule has 1 aromatic rings. The Morgan fingerprint density at radius 3 is 2.50 bits per heavy atom. The van der Waals surface area contributed by atoms with Gasteiger partial charge in [0.1, 0.15) is 11.1 Å². The number of piperazine rings is 1. The molecule has 0 atom stereocenters. The zero-order chi connectivity index (χ0) is 20.3. The fraction of sp³-hybridized carbons (Fsp3) is 0.632. The molecule has 0 unspecified atom stereocenters. The van der Waals surface area contributed by atoms with Gasteiger partial charge in [-0.25, -0.2) is 4.98 Å². The van der Waals surface area contributed by atoms with Crippen molar-refractivity contribution in [1.29, 1.82) is 5.26 Å². The van der Waals surface area contributed by atoms with Crippen molar-refractivity contribution in [3.8, 4) is 6.07 Å². The average molecular weight is 412 g/mol. The monoisotopic (exact) mass is 412 g/mol. The summed E-state index contributed by atoms with van der Waals surface area (Å²) in [6.07, 6.45) is -1.55. The third-order valence-corrected chi connectivity index (χ3v) is 6.23. The second kappa shape index (κ2) is 8.70. The molecule has 5 nitrogen and oxygen atoms in total. The molecule has 3 rings (SSSR count). The molecule has 1 aromatic heterocycles. The number of carbonyl (C=O) groups is 1. The van der Waals surface area contributed by atoms with Crippen molar-refractivity contribution in [1.82, 2.24) is 14.8 Å². The van der Waals surface area contributed by atoms with Gasteiger partial charge in [-0.15, -0.1) is 0 Å². The molecule has 28 heavy (non-hydrogen) atoms. The first-order valence-electron chi connectivity index (χ1n) is 9.43. The summed E-state index contributed by atoms with van der Waals surface area (Å²) in [7, 11) is 1.98. The second-order valence-corrected chi connectivity index (χ2v) is 8.20. The van der Waals surface area contributed by atoms with Gasteiger partial charge in [0.05, 0.1) is 16.9 Å². The van der Waals surface area contributed by atoms with E-state index in [1.54, 1.807) is 11.0 Å². The maximum atomic E-state index is 13.8. The minimum absolute atomic E-state index is 0.0124. The molecule has 9 heteroatoms. The van der Waals surface area contributed by atoms with Crippen LogP contribution in [0.1, 0.15) is 41.6 Å². The van der Waals surface area contributed by atoms with E-state index in [4.69, 9.17) is 0 Å². The van der Waals surface area contributed by atoms with Crippen LogP contribution < -0.4 is 0 Å². The van der Waals surface area contributed by atoms with E-state index in [0.29, 0.717) is 31.6 Å². The summed E-state index contributed by atoms with van der Waals surface area (Å²) in [4.78, 5) is 20.7. The molecule has 1 aliphatic heterocycles. The molecule has 0 aromatic carbocycles. The van der Waals surface area contributed by atoms with Crippen LogP contribution in [-0.4, -0.2) is 59.7 Å². The molecule has 1 saturated heterocycles. The van der Waals surface area contributed by atoms with E-state index < -0.39 is 17.3 Å². The number of hydrogen-bond acceptors (Lipinski definition) is 5. The van der Waals surface area contributed by atoms with Crippen molar-refractivity contribution >= 4 is 17.7 Å². The molecule has 0 N–H and O–H groups in total. The molecule has 0 radical (unpaired) electrons. The Morgan fingerprint density at radius 2 is 1.86 bits per heavy atom. The van der Waals surface area contributed by atoms with Crippen LogP contribution in [0.25, 0.3) is 0 Å². The molecule has 1 aliphatic carbocycles. The number of fused-ring (bicyclic) bond motifs is 1. The van der Waals surface area contributed by atoms with E-state index in [1.165, 1.54) is 0 Å². The first-order chi connectivity index (χ1) is 13.3. The fourth-order valence-electron chi connectivity index (χ4n) is 3.69. The topological polar surface area (TPSA) is 60.2 Å². The Balaban J connectivity index is 1.87. The third kappa shape index (κ3) is 4.61. The highest BCUT2D eigenvalue weighted by Crippen LogP contribution is 2.40. The van der Waals surface area contributed by atoms with Gasteiger partial charge in [-0.3, -0.25) is 4.79 Å². The van der Waals surface area contributed by atoms with Crippen LogP contribution in [0, 0.1) is 11.3 Å². The van der Waals surface area contributed by atoms with E-state index in [0.717, 1.165) is 37.7 Å². The van der Waals surface area contributed by atoms with Crippen LogP contribution in [0.2, 0.25) is 0 Å². The molecule has 2 aliphatic rings. The lowest BCUT2D eigenvalue weighted by molar-refractivity contribution is -0.138. The number of thioether (sulfide) groups is 1. The normalized spacial score (nSPS) is 18.3. The number of alkyl halides is 3. The Labute approximate surface area is 166 Å². The minimum Gasteiger partial charge on any atom is -0.339 e. The Morgan fingerprint density at radius 1 is 1.18 bits per heavy atom. The van der Waals surface area contributed by atoms with Crippen LogP contribution in [0.15, 0.2) is 5.03 Å². The molecule has 0 saturated carbocycles. The molecule has 2 heterocycles. The van der Waals surface area contributed by atoms with Crippen molar-refractivity contribution in [3.63, 3.8) is 0 Å². The minimum atomic E-state index is -4.61. The predicted molar refractivity (Wildman–Crippen MR) is 100 cm³/mol. The van der Waals surface area contributed by atoms with Crippen molar-refractivity contribution in [2.45, 2.75) is 43.3 Å². The third-order valence-electron chi connectivity index (χ3n) is 5.27. The highest BCUT2D eigenvalue weighted by Gasteiger charge is 2.39. The highest BCUT2D eigenvalue weighted by atomic mass is 32.2. The lowest BCUT2D eigenvalue weighted by Gasteiger charge is -2.32. The predicted octanol–water partition coefficient (Wildman–Crippen LogP) is 3.11. The van der Waals surface area contributed by atoms with E-state index in [1.807, 2.05) is 7.05 Å². The zero-order valence-corrected chi connectivity index (χ0v) is 16.6. The summed E-state index contributed by atoms with van der Waals surface area (Å²) in [5.41, 5.74) is -0.699. The van der Waals surface area contributed by atoms with Crippen molar-refractivity contribution < 1.29 is 18.0 Å². The van der Waals surface area contributed by atoms with Crippen LogP contribution >= 0.6 is 11.8 Å². The van der Waals surface area contributed by atoms with Gasteiger partial charge in [-0.2, -0.15) is 18.4 Å². The number of hydrogen-bond donors (Lipinski definition) is 0. The SMILES string of the molecule is CN1CCN(C(=O)CSc2nc3c(c(C(F)(F)F)c2C#N)CCCCC3)CC1. The number of carbonyl (C=O) groups excluding carboxylic acids is 1. The van der Waals surface area contributed by atoms with Crippen molar-refractivity contribution in [2.24, 2.45) is 0 Å². The van der Waals surface area contributed by atoms with Crippen LogP contribution in [0.5, 0.6) is 0 Å². The molecule has 0 spiro atoms. The first kappa shape index (κ1) is 20.9. The van der Waals surface area contributed by atoms with Gasteiger partial charge in [0.15, 0.2) is 0 Å². The summed E-state index contributed by atoms with van der Waals surface area (Å²) in [5, 5.41) is 9.50. The lowest BCUT2D eigenvalue weighted by atomic mass is 9.97. The highest BCUT2D eigenvalue weighted by molar-refractivity contribution is 8.00. The zero-order valence-electron chi connectivity index (χ0n) is 15.8. The number of nitriles is 1. The summed E-state index contributed by atoms with van der Waals surface area (Å²) < 4.78 is 41.4. The number of pyridine rings is 1. The maximum Gasteiger partial charge on any atom is 0.418 e. The molecule has 1 amide bonds. The first-order valence-corrected chi connectivity index (χ1v) is 10.4. The number of nitrogens with zero attached hydrogens (tertiary/aromatic N) is 4. The van der Waals surface area contributed by atoms with Crippen LogP contribution in [-0.2, 0) is 23.8 Å². The van der Waals surface area contributed by atoms with Gasteiger partial charge in [0, 0.05) is 31.9 Å². The van der Waals surface area contributed by atoms with Gasteiger partial charge in [0.2, 0.25) is 5.91 Å². The van der Waals surface area contributed by atoms with E-state index in [-0.39, 0.29) is 28.7 Å². The molecule has 0 bridgehead atoms. The quantitative estimate of drug-likeness (QED) is 0.564. The van der Waals surface area contributed by atoms with Crippen molar-refractivity contribution in [3.05, 3.63) is 22.4 Å². The fourth-order valence-corrected chi connectivity index (χ4v) is 4.60. The van der Waals surface area contributed by atoms with Gasteiger partial charge in [-0.1, -0.05) is 18.2 Å². The summed E-state index contributed by atoms with van der Waals surface area (Å²) in [6, 6.07) is 1.72. The average Bonchev–Trinajstić information content (AvgIpc) is 2.89. The molecule has 1 fully saturated rings. The van der Waals surface area contributed by atoms with E-state index in [9.17, 15) is 23.2 Å². The van der Waals surface area contributed by atoms with Crippen LogP contribution in [0.4, 0.5) is 13.2 Å². The second-order valence-electron chi connectivity index (χ2n) is 7.24. The number of aromatic nitrogens is 1. The Kier molecular flexibility index (Phi) is 6.50. The number of rotatable bonds is 3. The maximum absolute atomic E-state index is 13.8. The summed E-state index contributed by atoms with van der Waals surface area (Å²) in [6.45, 7) is 2.75. The lowest BCUT2D eigenvalue weighted by Crippen LogP contribution is -2.47. The number of aryl methyl sites for hydroxylation is 1. The summed E-state index contributed by atoms with van der Waals surface area (Å²) in [5.74, 6) is -0.145. The Bertz CT molecular complexity index is 783. The van der Waals surface area contributed by atoms with E-state index >= 15 is 0 Å².